The van der Waals surface area contributed by atoms with Gasteiger partial charge in [-0.3, -0.25) is 30.4 Å². The number of hydrazine groups is 1. The maximum Gasteiger partial charge on any atom is 0.297 e. The van der Waals surface area contributed by atoms with Crippen LogP contribution in [-0.2, 0) is 4.79 Å². The summed E-state index contributed by atoms with van der Waals surface area (Å²) in [5.74, 6) is -0.121. The van der Waals surface area contributed by atoms with Crippen LogP contribution in [0.5, 0.6) is 0 Å². The van der Waals surface area contributed by atoms with Crippen molar-refractivity contribution in [3.63, 3.8) is 0 Å². The van der Waals surface area contributed by atoms with Gasteiger partial charge in [0.25, 0.3) is 17.3 Å². The summed E-state index contributed by atoms with van der Waals surface area (Å²) in [6.07, 6.45) is 1.68. The summed E-state index contributed by atoms with van der Waals surface area (Å²) in [7, 11) is 0. The van der Waals surface area contributed by atoms with Gasteiger partial charge in [-0.15, -0.1) is 0 Å². The number of nitrogens with zero attached hydrogens (tertiary/aromatic N) is 7. The van der Waals surface area contributed by atoms with E-state index in [0.717, 1.165) is 5.56 Å². The molecule has 0 bridgehead atoms. The number of nitro benzene ring substituents is 2. The number of hydrogen-bond donors (Lipinski definition) is 3. The predicted molar refractivity (Wildman–Crippen MR) is 180 cm³/mol. The SMILES string of the molecule is Cc1cc([N+](=O)[O-])ccc1Nc1nc(Nc2ccc([N+](=O)[O-])cc2C)nc(NN2C(=O)C(=Cc3ccccc3)N=C2c2ccccc2)n1. The van der Waals surface area contributed by atoms with Crippen molar-refractivity contribution in [2.75, 3.05) is 16.1 Å². The number of rotatable bonds is 10. The highest BCUT2D eigenvalue weighted by Crippen LogP contribution is 2.28. The highest BCUT2D eigenvalue weighted by atomic mass is 16.6. The number of nitrogens with one attached hydrogen (secondary N) is 3. The van der Waals surface area contributed by atoms with Gasteiger partial charge in [0, 0.05) is 41.2 Å². The first-order valence-corrected chi connectivity index (χ1v) is 14.5. The van der Waals surface area contributed by atoms with Gasteiger partial charge in [0.05, 0.1) is 9.85 Å². The zero-order valence-electron chi connectivity index (χ0n) is 25.5. The van der Waals surface area contributed by atoms with E-state index in [1.54, 1.807) is 19.9 Å². The van der Waals surface area contributed by atoms with E-state index in [1.807, 2.05) is 60.7 Å². The van der Waals surface area contributed by atoms with Crippen LogP contribution in [0.2, 0.25) is 0 Å². The van der Waals surface area contributed by atoms with Gasteiger partial charge in [-0.2, -0.15) is 20.0 Å². The lowest BCUT2D eigenvalue weighted by Gasteiger charge is -2.20. The van der Waals surface area contributed by atoms with Crippen molar-refractivity contribution < 1.29 is 14.6 Å². The molecule has 1 aromatic heterocycles. The monoisotopic (exact) mass is 642 g/mol. The molecule has 238 valence electrons. The highest BCUT2D eigenvalue weighted by Gasteiger charge is 2.32. The van der Waals surface area contributed by atoms with E-state index in [2.05, 4.69) is 36.0 Å². The van der Waals surface area contributed by atoms with Crippen LogP contribution >= 0.6 is 0 Å². The van der Waals surface area contributed by atoms with Gasteiger partial charge in [-0.1, -0.05) is 60.7 Å². The molecule has 0 radical (unpaired) electrons. The molecule has 15 nitrogen and oxygen atoms in total. The lowest BCUT2D eigenvalue weighted by atomic mass is 10.2. The first-order chi connectivity index (χ1) is 23.1. The average Bonchev–Trinajstić information content (AvgIpc) is 3.37. The number of aryl methyl sites for hydroxylation is 2. The normalized spacial score (nSPS) is 13.3. The molecule has 0 unspecified atom stereocenters. The Bertz CT molecular complexity index is 2040. The third-order valence-electron chi connectivity index (χ3n) is 7.18. The van der Waals surface area contributed by atoms with Crippen molar-refractivity contribution in [3.05, 3.63) is 145 Å². The van der Waals surface area contributed by atoms with Gasteiger partial charge in [-0.25, -0.2) is 4.99 Å². The molecule has 0 spiro atoms. The Labute approximate surface area is 273 Å². The molecule has 48 heavy (non-hydrogen) atoms. The van der Waals surface area contributed by atoms with Crippen molar-refractivity contribution in [2.45, 2.75) is 13.8 Å². The Morgan fingerprint density at radius 2 is 1.19 bits per heavy atom. The summed E-state index contributed by atoms with van der Waals surface area (Å²) >= 11 is 0. The van der Waals surface area contributed by atoms with Crippen molar-refractivity contribution in [1.82, 2.24) is 20.0 Å². The average molecular weight is 643 g/mol. The van der Waals surface area contributed by atoms with Crippen LogP contribution in [0.25, 0.3) is 6.08 Å². The van der Waals surface area contributed by atoms with Crippen LogP contribution in [0.1, 0.15) is 22.3 Å². The molecule has 0 aliphatic carbocycles. The Kier molecular flexibility index (Phi) is 8.48. The number of amides is 1. The van der Waals surface area contributed by atoms with Crippen LogP contribution in [0.15, 0.2) is 108 Å². The van der Waals surface area contributed by atoms with Crippen molar-refractivity contribution >= 4 is 58.4 Å². The second-order valence-corrected chi connectivity index (χ2v) is 10.6. The molecule has 0 saturated heterocycles. The molecule has 3 N–H and O–H groups in total. The fourth-order valence-corrected chi connectivity index (χ4v) is 4.79. The van der Waals surface area contributed by atoms with E-state index in [4.69, 9.17) is 0 Å². The second-order valence-electron chi connectivity index (χ2n) is 10.6. The molecular weight excluding hydrogens is 616 g/mol. The summed E-state index contributed by atoms with van der Waals surface area (Å²) < 4.78 is 0. The number of nitro groups is 2. The molecule has 6 rings (SSSR count). The minimum atomic E-state index is -0.490. The lowest BCUT2D eigenvalue weighted by Crippen LogP contribution is -2.38. The molecule has 2 heterocycles. The predicted octanol–water partition coefficient (Wildman–Crippen LogP) is 6.45. The minimum Gasteiger partial charge on any atom is -0.324 e. The minimum absolute atomic E-state index is 0.0383. The Hall–Kier alpha value is -7.03. The first-order valence-electron chi connectivity index (χ1n) is 14.5. The number of non-ortho nitro benzene ring substituents is 2. The fraction of sp³-hybridized carbons (Fsp3) is 0.0606. The third-order valence-corrected chi connectivity index (χ3v) is 7.18. The molecule has 0 saturated carbocycles. The zero-order chi connectivity index (χ0) is 33.8. The summed E-state index contributed by atoms with van der Waals surface area (Å²) in [5.41, 5.74) is 6.55. The van der Waals surface area contributed by atoms with Crippen LogP contribution in [0.3, 0.4) is 0 Å². The van der Waals surface area contributed by atoms with E-state index < -0.39 is 15.8 Å². The molecule has 15 heteroatoms. The number of carbonyl (C=O) groups is 1. The second kappa shape index (κ2) is 13.1. The maximum absolute atomic E-state index is 13.8. The Morgan fingerprint density at radius 3 is 1.69 bits per heavy atom. The Balaban J connectivity index is 1.39. The van der Waals surface area contributed by atoms with E-state index in [0.29, 0.717) is 33.9 Å². The van der Waals surface area contributed by atoms with Crippen LogP contribution in [-0.4, -0.2) is 41.6 Å². The van der Waals surface area contributed by atoms with Gasteiger partial charge < -0.3 is 10.6 Å². The van der Waals surface area contributed by atoms with E-state index in [1.165, 1.54) is 41.4 Å². The molecule has 1 aliphatic heterocycles. The van der Waals surface area contributed by atoms with E-state index in [-0.39, 0.29) is 34.9 Å². The molecular formula is C33H26N10O5. The number of benzene rings is 4. The summed E-state index contributed by atoms with van der Waals surface area (Å²) in [6.45, 7) is 3.39. The summed E-state index contributed by atoms with van der Waals surface area (Å²) in [4.78, 5) is 53.4. The van der Waals surface area contributed by atoms with Crippen LogP contribution in [0.4, 0.5) is 40.6 Å². The van der Waals surface area contributed by atoms with Gasteiger partial charge in [0.2, 0.25) is 17.8 Å². The molecule has 1 aliphatic rings. The van der Waals surface area contributed by atoms with Gasteiger partial charge in [0.15, 0.2) is 5.84 Å². The van der Waals surface area contributed by atoms with E-state index >= 15 is 0 Å². The lowest BCUT2D eigenvalue weighted by molar-refractivity contribution is -0.385. The molecule has 5 aromatic rings. The number of carbonyl (C=O) groups excluding carboxylic acids is 1. The van der Waals surface area contributed by atoms with Crippen molar-refractivity contribution in [3.8, 4) is 0 Å². The standard InChI is InChI=1S/C33H26N10O5/c1-20-17-24(42(45)46)13-15-26(20)35-31-37-32(36-27-16-14-25(43(47)48)18-21(27)2)39-33(38-31)40-41-29(23-11-7-4-8-12-23)34-28(30(41)44)19-22-9-5-3-6-10-22/h3-19H,1-2H3,(H3,35,36,37,38,39,40). The number of anilines is 5. The molecule has 4 aromatic carbocycles. The van der Waals surface area contributed by atoms with Crippen molar-refractivity contribution in [2.24, 2.45) is 4.99 Å². The number of aromatic nitrogens is 3. The van der Waals surface area contributed by atoms with Crippen LogP contribution < -0.4 is 16.1 Å². The quantitative estimate of drug-likeness (QED) is 0.0861. The zero-order valence-corrected chi connectivity index (χ0v) is 25.5. The molecule has 0 fully saturated rings. The largest absolute Gasteiger partial charge is 0.324 e. The fourth-order valence-electron chi connectivity index (χ4n) is 4.79. The first kappa shape index (κ1) is 31.0. The number of amidine groups is 1. The topological polar surface area (TPSA) is 194 Å². The molecule has 1 amide bonds. The highest BCUT2D eigenvalue weighted by molar-refractivity contribution is 6.20. The Morgan fingerprint density at radius 1 is 0.688 bits per heavy atom. The summed E-state index contributed by atoms with van der Waals surface area (Å²) in [5, 5.41) is 29.9. The number of hydrogen-bond acceptors (Lipinski definition) is 12. The third kappa shape index (κ3) is 6.79. The van der Waals surface area contributed by atoms with Gasteiger partial charge in [0.1, 0.15) is 5.70 Å². The molecule has 0 atom stereocenters. The van der Waals surface area contributed by atoms with E-state index in [9.17, 15) is 25.0 Å². The van der Waals surface area contributed by atoms with Crippen molar-refractivity contribution in [1.29, 1.82) is 0 Å². The van der Waals surface area contributed by atoms with Crippen LogP contribution in [0, 0.1) is 34.1 Å². The summed E-state index contributed by atoms with van der Waals surface area (Å²) in [6, 6.07) is 27.0. The maximum atomic E-state index is 13.8. The van der Waals surface area contributed by atoms with Gasteiger partial charge >= 0.3 is 0 Å². The van der Waals surface area contributed by atoms with Gasteiger partial charge in [-0.05, 0) is 48.7 Å². The number of aliphatic imine (C=N–C) groups is 1. The smallest absolute Gasteiger partial charge is 0.297 e.